The highest BCUT2D eigenvalue weighted by Gasteiger charge is 2.26. The molecular weight excluding hydrogens is 366 g/mol. The van der Waals surface area contributed by atoms with E-state index in [2.05, 4.69) is 15.2 Å². The van der Waals surface area contributed by atoms with E-state index in [4.69, 9.17) is 9.47 Å². The molecule has 150 valence electrons. The molecule has 1 aromatic heterocycles. The molecule has 0 bridgehead atoms. The van der Waals surface area contributed by atoms with Gasteiger partial charge in [0.25, 0.3) is 5.91 Å². The first-order valence-electron chi connectivity index (χ1n) is 9.83. The number of hydrogen-bond donors (Lipinski definition) is 1. The minimum Gasteiger partial charge on any atom is -0.486 e. The summed E-state index contributed by atoms with van der Waals surface area (Å²) in [5, 5.41) is 2.89. The predicted octanol–water partition coefficient (Wildman–Crippen LogP) is 3.58. The average Bonchev–Trinajstić information content (AvgIpc) is 3.31. The normalized spacial score (nSPS) is 19.1. The van der Waals surface area contributed by atoms with Gasteiger partial charge in [-0.05, 0) is 44.8 Å². The minimum absolute atomic E-state index is 0.0827. The molecule has 6 heteroatoms. The van der Waals surface area contributed by atoms with Gasteiger partial charge in [0.1, 0.15) is 11.9 Å². The Morgan fingerprint density at radius 2 is 2.14 bits per heavy atom. The molecule has 1 atom stereocenters. The molecule has 3 heterocycles. The molecule has 2 aliphatic rings. The second-order valence-corrected chi connectivity index (χ2v) is 7.43. The molecule has 1 amide bonds. The van der Waals surface area contributed by atoms with Crippen LogP contribution in [0.3, 0.4) is 0 Å². The summed E-state index contributed by atoms with van der Waals surface area (Å²) >= 11 is 0. The molecule has 0 spiro atoms. The number of aromatic nitrogens is 1. The zero-order valence-corrected chi connectivity index (χ0v) is 16.7. The summed E-state index contributed by atoms with van der Waals surface area (Å²) in [5.74, 6) is 1.31. The van der Waals surface area contributed by atoms with Gasteiger partial charge in [-0.15, -0.1) is 0 Å². The Kier molecular flexibility index (Phi) is 5.62. The van der Waals surface area contributed by atoms with Crippen LogP contribution in [0.25, 0.3) is 11.3 Å². The van der Waals surface area contributed by atoms with Gasteiger partial charge in [0, 0.05) is 47.6 Å². The van der Waals surface area contributed by atoms with Crippen molar-refractivity contribution in [2.45, 2.75) is 18.9 Å². The van der Waals surface area contributed by atoms with Crippen LogP contribution in [0.2, 0.25) is 0 Å². The van der Waals surface area contributed by atoms with Gasteiger partial charge in [-0.2, -0.15) is 0 Å². The first kappa shape index (κ1) is 19.2. The van der Waals surface area contributed by atoms with Crippen molar-refractivity contribution in [2.75, 3.05) is 32.6 Å². The second kappa shape index (κ2) is 8.49. The van der Waals surface area contributed by atoms with E-state index in [0.717, 1.165) is 42.0 Å². The van der Waals surface area contributed by atoms with E-state index in [9.17, 15) is 4.79 Å². The zero-order valence-electron chi connectivity index (χ0n) is 16.7. The summed E-state index contributed by atoms with van der Waals surface area (Å²) in [5.41, 5.74) is 3.34. The number of rotatable bonds is 7. The van der Waals surface area contributed by atoms with Crippen molar-refractivity contribution in [3.63, 3.8) is 0 Å². The Balaban J connectivity index is 1.36. The molecule has 0 saturated heterocycles. The highest BCUT2D eigenvalue weighted by atomic mass is 16.5. The number of carbonyl (C=O) groups excluding carboxylic acids is 1. The summed E-state index contributed by atoms with van der Waals surface area (Å²) in [6, 6.07) is 11.5. The number of anilines is 1. The van der Waals surface area contributed by atoms with Crippen LogP contribution >= 0.6 is 0 Å². The van der Waals surface area contributed by atoms with E-state index in [0.29, 0.717) is 18.1 Å². The number of pyridine rings is 1. The van der Waals surface area contributed by atoms with E-state index < -0.39 is 0 Å². The lowest BCUT2D eigenvalue weighted by Gasteiger charge is -2.12. The fourth-order valence-corrected chi connectivity index (χ4v) is 3.43. The van der Waals surface area contributed by atoms with Crippen molar-refractivity contribution < 1.29 is 14.3 Å². The Hall–Kier alpha value is -3.12. The number of fused-ring (bicyclic) bond motifs is 1. The van der Waals surface area contributed by atoms with Crippen LogP contribution < -0.4 is 10.1 Å². The van der Waals surface area contributed by atoms with Crippen LogP contribution in [-0.2, 0) is 9.53 Å². The Morgan fingerprint density at radius 3 is 2.93 bits per heavy atom. The number of para-hydroxylation sites is 1. The van der Waals surface area contributed by atoms with Crippen molar-refractivity contribution in [1.29, 1.82) is 0 Å². The summed E-state index contributed by atoms with van der Waals surface area (Å²) in [6.07, 6.45) is 7.21. The molecule has 0 fully saturated rings. The maximum absolute atomic E-state index is 12.3. The third-order valence-corrected chi connectivity index (χ3v) is 4.90. The van der Waals surface area contributed by atoms with E-state index in [-0.39, 0.29) is 12.0 Å². The molecule has 1 aromatic carbocycles. The molecule has 29 heavy (non-hydrogen) atoms. The molecular formula is C23H25N3O3. The third-order valence-electron chi connectivity index (χ3n) is 4.90. The van der Waals surface area contributed by atoms with Gasteiger partial charge >= 0.3 is 0 Å². The van der Waals surface area contributed by atoms with E-state index in [1.807, 2.05) is 62.6 Å². The SMILES string of the molecule is CN(C)CCCOc1ccc(C2=CCC(/C=C3/C(=O)Nc4ccccc43)O2)cn1. The number of amides is 1. The first-order valence-corrected chi connectivity index (χ1v) is 9.83. The number of ether oxygens (including phenoxy) is 2. The summed E-state index contributed by atoms with van der Waals surface area (Å²) in [7, 11) is 4.09. The fourth-order valence-electron chi connectivity index (χ4n) is 3.43. The van der Waals surface area contributed by atoms with Gasteiger partial charge in [0.15, 0.2) is 0 Å². The molecule has 4 rings (SSSR count). The first-order chi connectivity index (χ1) is 14.1. The number of hydrogen-bond acceptors (Lipinski definition) is 5. The Morgan fingerprint density at radius 1 is 1.28 bits per heavy atom. The van der Waals surface area contributed by atoms with E-state index >= 15 is 0 Å². The Labute approximate surface area is 170 Å². The topological polar surface area (TPSA) is 63.7 Å². The monoisotopic (exact) mass is 391 g/mol. The second-order valence-electron chi connectivity index (χ2n) is 7.43. The lowest BCUT2D eigenvalue weighted by Crippen LogP contribution is -2.15. The van der Waals surface area contributed by atoms with Crippen molar-refractivity contribution in [1.82, 2.24) is 9.88 Å². The van der Waals surface area contributed by atoms with Crippen LogP contribution in [0.4, 0.5) is 5.69 Å². The maximum Gasteiger partial charge on any atom is 0.256 e. The van der Waals surface area contributed by atoms with Gasteiger partial charge in [-0.3, -0.25) is 4.79 Å². The standard InChI is InChI=1S/C23H25N3O3/c1-26(2)12-5-13-28-22-11-8-16(15-24-22)21-10-9-17(29-21)14-19-18-6-3-4-7-20(18)25-23(19)27/h3-4,6-8,10-11,14-15,17H,5,9,12-13H2,1-2H3,(H,25,27)/b19-14+. The summed E-state index contributed by atoms with van der Waals surface area (Å²) < 4.78 is 11.7. The molecule has 1 unspecified atom stereocenters. The van der Waals surface area contributed by atoms with Crippen LogP contribution in [-0.4, -0.2) is 49.1 Å². The van der Waals surface area contributed by atoms with Gasteiger partial charge in [0.2, 0.25) is 5.88 Å². The number of nitrogens with zero attached hydrogens (tertiary/aromatic N) is 2. The molecule has 1 N–H and O–H groups in total. The Bertz CT molecular complexity index is 948. The average molecular weight is 391 g/mol. The quantitative estimate of drug-likeness (QED) is 0.577. The van der Waals surface area contributed by atoms with Crippen LogP contribution in [0.1, 0.15) is 24.0 Å². The molecule has 2 aliphatic heterocycles. The lowest BCUT2D eigenvalue weighted by atomic mass is 10.0. The maximum atomic E-state index is 12.3. The predicted molar refractivity (Wildman–Crippen MR) is 113 cm³/mol. The fraction of sp³-hybridized carbons (Fsp3) is 0.304. The molecule has 0 radical (unpaired) electrons. The van der Waals surface area contributed by atoms with Gasteiger partial charge in [-0.1, -0.05) is 18.2 Å². The molecule has 0 saturated carbocycles. The van der Waals surface area contributed by atoms with Crippen molar-refractivity contribution >= 4 is 22.9 Å². The highest BCUT2D eigenvalue weighted by Crippen LogP contribution is 2.34. The smallest absolute Gasteiger partial charge is 0.256 e. The number of benzene rings is 1. The van der Waals surface area contributed by atoms with Gasteiger partial charge < -0.3 is 19.7 Å². The van der Waals surface area contributed by atoms with Crippen LogP contribution in [0, 0.1) is 0 Å². The minimum atomic E-state index is -0.168. The highest BCUT2D eigenvalue weighted by molar-refractivity contribution is 6.31. The number of nitrogens with one attached hydrogen (secondary N) is 1. The van der Waals surface area contributed by atoms with E-state index in [1.54, 1.807) is 6.20 Å². The lowest BCUT2D eigenvalue weighted by molar-refractivity contribution is -0.110. The van der Waals surface area contributed by atoms with E-state index in [1.165, 1.54) is 0 Å². The molecule has 0 aliphatic carbocycles. The largest absolute Gasteiger partial charge is 0.486 e. The summed E-state index contributed by atoms with van der Waals surface area (Å²) in [6.45, 7) is 1.63. The van der Waals surface area contributed by atoms with Crippen molar-refractivity contribution in [3.8, 4) is 5.88 Å². The number of carbonyl (C=O) groups is 1. The molecule has 6 nitrogen and oxygen atoms in total. The summed E-state index contributed by atoms with van der Waals surface area (Å²) in [4.78, 5) is 18.8. The van der Waals surface area contributed by atoms with Crippen LogP contribution in [0.5, 0.6) is 5.88 Å². The zero-order chi connectivity index (χ0) is 20.2. The van der Waals surface area contributed by atoms with Crippen molar-refractivity contribution in [2.24, 2.45) is 0 Å². The van der Waals surface area contributed by atoms with Gasteiger partial charge in [-0.25, -0.2) is 4.98 Å². The van der Waals surface area contributed by atoms with Crippen LogP contribution in [0.15, 0.2) is 54.7 Å². The third kappa shape index (κ3) is 4.49. The molecule has 2 aromatic rings. The van der Waals surface area contributed by atoms with Crippen molar-refractivity contribution in [3.05, 3.63) is 65.9 Å². The van der Waals surface area contributed by atoms with Gasteiger partial charge in [0.05, 0.1) is 6.61 Å².